The van der Waals surface area contributed by atoms with Crippen molar-refractivity contribution in [1.29, 1.82) is 0 Å². The molecule has 0 atom stereocenters. The van der Waals surface area contributed by atoms with Crippen LogP contribution in [0.4, 0.5) is 4.39 Å². The third-order valence-corrected chi connectivity index (χ3v) is 3.71. The first-order valence-corrected chi connectivity index (χ1v) is 6.82. The summed E-state index contributed by atoms with van der Waals surface area (Å²) in [5.74, 6) is 0.604. The number of rotatable bonds is 4. The molecule has 2 N–H and O–H groups in total. The van der Waals surface area contributed by atoms with E-state index in [2.05, 4.69) is 0 Å². The fourth-order valence-electron chi connectivity index (χ4n) is 2.61. The summed E-state index contributed by atoms with van der Waals surface area (Å²) in [7, 11) is 1.65. The summed E-state index contributed by atoms with van der Waals surface area (Å²) in [6, 6.07) is 13.2. The van der Waals surface area contributed by atoms with Crippen molar-refractivity contribution in [3.05, 3.63) is 65.6 Å². The van der Waals surface area contributed by atoms with Gasteiger partial charge in [0, 0.05) is 29.3 Å². The lowest BCUT2D eigenvalue weighted by molar-refractivity contribution is 0.420. The van der Waals surface area contributed by atoms with Crippen LogP contribution in [-0.2, 0) is 13.1 Å². The maximum absolute atomic E-state index is 14.3. The molecule has 0 unspecified atom stereocenters. The van der Waals surface area contributed by atoms with Crippen molar-refractivity contribution in [3.8, 4) is 5.75 Å². The summed E-state index contributed by atoms with van der Waals surface area (Å²) in [5, 5.41) is 1.02. The first kappa shape index (κ1) is 13.6. The molecule has 1 heterocycles. The zero-order valence-corrected chi connectivity index (χ0v) is 11.8. The van der Waals surface area contributed by atoms with E-state index >= 15 is 0 Å². The predicted molar refractivity (Wildman–Crippen MR) is 81.9 cm³/mol. The molecule has 0 bridgehead atoms. The van der Waals surface area contributed by atoms with Crippen LogP contribution in [0.3, 0.4) is 0 Å². The minimum Gasteiger partial charge on any atom is -0.496 e. The molecule has 3 nitrogen and oxygen atoms in total. The van der Waals surface area contributed by atoms with Gasteiger partial charge in [-0.05, 0) is 18.2 Å². The Balaban J connectivity index is 2.03. The third-order valence-electron chi connectivity index (χ3n) is 3.71. The average molecular weight is 284 g/mol. The fourth-order valence-corrected chi connectivity index (χ4v) is 2.61. The van der Waals surface area contributed by atoms with Crippen molar-refractivity contribution < 1.29 is 9.13 Å². The molecular weight excluding hydrogens is 267 g/mol. The molecule has 0 spiro atoms. The Morgan fingerprint density at radius 1 is 1.10 bits per heavy atom. The molecule has 21 heavy (non-hydrogen) atoms. The van der Waals surface area contributed by atoms with Crippen LogP contribution in [0.15, 0.2) is 48.7 Å². The van der Waals surface area contributed by atoms with Gasteiger partial charge in [-0.25, -0.2) is 4.39 Å². The molecule has 108 valence electrons. The maximum Gasteiger partial charge on any atom is 0.132 e. The number of ether oxygens (including phenoxy) is 1. The topological polar surface area (TPSA) is 40.2 Å². The molecule has 0 amide bonds. The fraction of sp³-hybridized carbons (Fsp3) is 0.176. The van der Waals surface area contributed by atoms with E-state index < -0.39 is 0 Å². The molecule has 0 saturated carbocycles. The van der Waals surface area contributed by atoms with E-state index in [1.807, 2.05) is 41.1 Å². The average Bonchev–Trinajstić information content (AvgIpc) is 2.92. The Labute approximate surface area is 122 Å². The molecule has 4 heteroatoms. The molecule has 0 aliphatic heterocycles. The summed E-state index contributed by atoms with van der Waals surface area (Å²) in [6.07, 6.45) is 1.95. The number of halogens is 1. The van der Waals surface area contributed by atoms with Crippen LogP contribution in [0, 0.1) is 5.82 Å². The zero-order chi connectivity index (χ0) is 14.8. The van der Waals surface area contributed by atoms with Crippen molar-refractivity contribution in [2.75, 3.05) is 7.11 Å². The van der Waals surface area contributed by atoms with E-state index in [1.54, 1.807) is 19.2 Å². The van der Waals surface area contributed by atoms with E-state index in [9.17, 15) is 4.39 Å². The Hall–Kier alpha value is -2.33. The van der Waals surface area contributed by atoms with Crippen molar-refractivity contribution in [1.82, 2.24) is 4.57 Å². The van der Waals surface area contributed by atoms with Gasteiger partial charge in [-0.15, -0.1) is 0 Å². The highest BCUT2D eigenvalue weighted by Gasteiger charge is 2.10. The largest absolute Gasteiger partial charge is 0.496 e. The standard InChI is InChI=1S/C17H17FN2O/c1-21-16-7-3-6-15-14(16)8-9-20(15)11-13-5-2-4-12(10-19)17(13)18/h2-9H,10-11,19H2,1H3. The van der Waals surface area contributed by atoms with Crippen molar-refractivity contribution in [2.24, 2.45) is 5.73 Å². The van der Waals surface area contributed by atoms with Gasteiger partial charge in [0.15, 0.2) is 0 Å². The summed E-state index contributed by atoms with van der Waals surface area (Å²) in [6.45, 7) is 0.677. The van der Waals surface area contributed by atoms with Crippen molar-refractivity contribution >= 4 is 10.9 Å². The van der Waals surface area contributed by atoms with Crippen LogP contribution in [0.2, 0.25) is 0 Å². The number of hydrogen-bond donors (Lipinski definition) is 1. The molecule has 1 aromatic heterocycles. The van der Waals surface area contributed by atoms with Gasteiger partial charge in [0.25, 0.3) is 0 Å². The van der Waals surface area contributed by atoms with Gasteiger partial charge in [0.2, 0.25) is 0 Å². The molecule has 2 aromatic carbocycles. The summed E-state index contributed by atoms with van der Waals surface area (Å²) < 4.78 is 21.7. The molecule has 0 saturated heterocycles. The van der Waals surface area contributed by atoms with E-state index in [0.29, 0.717) is 17.7 Å². The van der Waals surface area contributed by atoms with E-state index in [4.69, 9.17) is 10.5 Å². The first-order chi connectivity index (χ1) is 10.2. The zero-order valence-electron chi connectivity index (χ0n) is 11.8. The van der Waals surface area contributed by atoms with Crippen LogP contribution >= 0.6 is 0 Å². The number of nitrogens with two attached hydrogens (primary N) is 1. The molecule has 3 rings (SSSR count). The quantitative estimate of drug-likeness (QED) is 0.798. The number of fused-ring (bicyclic) bond motifs is 1. The number of hydrogen-bond acceptors (Lipinski definition) is 2. The Kier molecular flexibility index (Phi) is 3.62. The number of aromatic nitrogens is 1. The normalized spacial score (nSPS) is 11.0. The van der Waals surface area contributed by atoms with Crippen molar-refractivity contribution in [2.45, 2.75) is 13.1 Å². The minimum atomic E-state index is -0.218. The smallest absolute Gasteiger partial charge is 0.132 e. The number of nitrogens with zero attached hydrogens (tertiary/aromatic N) is 1. The van der Waals surface area contributed by atoms with Crippen molar-refractivity contribution in [3.63, 3.8) is 0 Å². The van der Waals surface area contributed by atoms with Gasteiger partial charge >= 0.3 is 0 Å². The van der Waals surface area contributed by atoms with Crippen LogP contribution in [-0.4, -0.2) is 11.7 Å². The lowest BCUT2D eigenvalue weighted by Gasteiger charge is -2.10. The second kappa shape index (κ2) is 5.58. The van der Waals surface area contributed by atoms with Crippen LogP contribution in [0.1, 0.15) is 11.1 Å². The van der Waals surface area contributed by atoms with E-state index in [1.165, 1.54) is 0 Å². The molecule has 3 aromatic rings. The second-order valence-electron chi connectivity index (χ2n) is 4.93. The third kappa shape index (κ3) is 2.38. The summed E-state index contributed by atoms with van der Waals surface area (Å²) in [5.41, 5.74) is 7.76. The molecule has 0 aliphatic rings. The van der Waals surface area contributed by atoms with Crippen LogP contribution < -0.4 is 10.5 Å². The van der Waals surface area contributed by atoms with Gasteiger partial charge in [-0.2, -0.15) is 0 Å². The Bertz CT molecular complexity index is 780. The van der Waals surface area contributed by atoms with E-state index in [-0.39, 0.29) is 12.4 Å². The number of methoxy groups -OCH3 is 1. The SMILES string of the molecule is COc1cccc2c1ccn2Cc1cccc(CN)c1F. The molecule has 0 radical (unpaired) electrons. The highest BCUT2D eigenvalue weighted by Crippen LogP contribution is 2.27. The first-order valence-electron chi connectivity index (χ1n) is 6.82. The predicted octanol–water partition coefficient (Wildman–Crippen LogP) is 3.30. The van der Waals surface area contributed by atoms with Gasteiger partial charge in [0.05, 0.1) is 19.2 Å². The second-order valence-corrected chi connectivity index (χ2v) is 4.93. The number of benzene rings is 2. The van der Waals surface area contributed by atoms with Crippen LogP contribution in [0.5, 0.6) is 5.75 Å². The Morgan fingerprint density at radius 3 is 2.62 bits per heavy atom. The molecule has 0 aliphatic carbocycles. The highest BCUT2D eigenvalue weighted by molar-refractivity contribution is 5.86. The van der Waals surface area contributed by atoms with Gasteiger partial charge in [-0.1, -0.05) is 24.3 Å². The minimum absolute atomic E-state index is 0.208. The molecule has 0 fully saturated rings. The van der Waals surface area contributed by atoms with Gasteiger partial charge in [-0.3, -0.25) is 0 Å². The molecular formula is C17H17FN2O. The van der Waals surface area contributed by atoms with E-state index in [0.717, 1.165) is 16.7 Å². The summed E-state index contributed by atoms with van der Waals surface area (Å²) in [4.78, 5) is 0. The lowest BCUT2D eigenvalue weighted by atomic mass is 10.1. The Morgan fingerprint density at radius 2 is 1.86 bits per heavy atom. The van der Waals surface area contributed by atoms with Crippen LogP contribution in [0.25, 0.3) is 10.9 Å². The highest BCUT2D eigenvalue weighted by atomic mass is 19.1. The van der Waals surface area contributed by atoms with Gasteiger partial charge in [0.1, 0.15) is 11.6 Å². The lowest BCUT2D eigenvalue weighted by Crippen LogP contribution is -2.06. The maximum atomic E-state index is 14.3. The van der Waals surface area contributed by atoms with Gasteiger partial charge < -0.3 is 15.0 Å². The summed E-state index contributed by atoms with van der Waals surface area (Å²) >= 11 is 0. The monoisotopic (exact) mass is 284 g/mol.